The molecule has 2 aromatic rings. The normalized spacial score (nSPS) is 12.4. The first-order valence-corrected chi connectivity index (χ1v) is 5.98. The average molecular weight is 267 g/mol. The highest BCUT2D eigenvalue weighted by Gasteiger charge is 2.15. The molecular formula is C13H15ClN2O2. The van der Waals surface area contributed by atoms with Crippen molar-refractivity contribution in [1.29, 1.82) is 0 Å². The predicted octanol–water partition coefficient (Wildman–Crippen LogP) is 2.36. The van der Waals surface area contributed by atoms with E-state index in [9.17, 15) is 5.11 Å². The van der Waals surface area contributed by atoms with E-state index in [-0.39, 0.29) is 0 Å². The lowest BCUT2D eigenvalue weighted by Crippen LogP contribution is -2.05. The van der Waals surface area contributed by atoms with Crippen molar-refractivity contribution in [1.82, 2.24) is 9.78 Å². The van der Waals surface area contributed by atoms with Crippen LogP contribution in [0.4, 0.5) is 0 Å². The Morgan fingerprint density at radius 3 is 2.83 bits per heavy atom. The van der Waals surface area contributed by atoms with Crippen LogP contribution < -0.4 is 4.74 Å². The van der Waals surface area contributed by atoms with Crippen LogP contribution in [0.15, 0.2) is 30.5 Å². The number of aromatic nitrogens is 2. The first kappa shape index (κ1) is 12.9. The first-order chi connectivity index (χ1) is 8.60. The molecule has 1 aromatic heterocycles. The third kappa shape index (κ3) is 2.83. The summed E-state index contributed by atoms with van der Waals surface area (Å²) in [5.41, 5.74) is 1.50. The maximum absolute atomic E-state index is 10.2. The fourth-order valence-electron chi connectivity index (χ4n) is 1.85. The third-order valence-corrected chi connectivity index (χ3v) is 2.96. The molecular weight excluding hydrogens is 252 g/mol. The molecule has 18 heavy (non-hydrogen) atoms. The summed E-state index contributed by atoms with van der Waals surface area (Å²) in [4.78, 5) is 0. The highest BCUT2D eigenvalue weighted by molar-refractivity contribution is 6.30. The molecule has 0 aliphatic heterocycles. The Balaban J connectivity index is 2.22. The zero-order valence-corrected chi connectivity index (χ0v) is 11.1. The van der Waals surface area contributed by atoms with E-state index in [1.165, 1.54) is 0 Å². The van der Waals surface area contributed by atoms with Gasteiger partial charge in [0.25, 0.3) is 0 Å². The first-order valence-electron chi connectivity index (χ1n) is 5.60. The van der Waals surface area contributed by atoms with Gasteiger partial charge in [0.05, 0.1) is 18.9 Å². The molecule has 0 amide bonds. The number of halogens is 1. The lowest BCUT2D eigenvalue weighted by molar-refractivity contribution is 0.172. The molecule has 4 nitrogen and oxygen atoms in total. The number of ether oxygens (including phenoxy) is 1. The van der Waals surface area contributed by atoms with E-state index in [2.05, 4.69) is 5.10 Å². The van der Waals surface area contributed by atoms with Crippen molar-refractivity contribution in [2.45, 2.75) is 12.5 Å². The Morgan fingerprint density at radius 2 is 2.22 bits per heavy atom. The molecule has 1 unspecified atom stereocenters. The van der Waals surface area contributed by atoms with E-state index in [1.807, 2.05) is 19.3 Å². The monoisotopic (exact) mass is 266 g/mol. The maximum Gasteiger partial charge on any atom is 0.124 e. The summed E-state index contributed by atoms with van der Waals surface area (Å²) in [5.74, 6) is 0.628. The molecule has 2 rings (SSSR count). The minimum atomic E-state index is -0.687. The van der Waals surface area contributed by atoms with Crippen LogP contribution in [0.3, 0.4) is 0 Å². The van der Waals surface area contributed by atoms with Gasteiger partial charge in [-0.3, -0.25) is 4.68 Å². The summed E-state index contributed by atoms with van der Waals surface area (Å²) in [5, 5.41) is 15.0. The summed E-state index contributed by atoms with van der Waals surface area (Å²) in [6.45, 7) is 0. The van der Waals surface area contributed by atoms with Crippen molar-refractivity contribution in [3.8, 4) is 5.75 Å². The predicted molar refractivity (Wildman–Crippen MR) is 69.9 cm³/mol. The number of hydrogen-bond donors (Lipinski definition) is 1. The Kier molecular flexibility index (Phi) is 3.89. The molecule has 0 radical (unpaired) electrons. The molecule has 5 heteroatoms. The molecule has 1 N–H and O–H groups in total. The van der Waals surface area contributed by atoms with Gasteiger partial charge in [-0.05, 0) is 24.3 Å². The van der Waals surface area contributed by atoms with Crippen LogP contribution in [0.2, 0.25) is 5.02 Å². The van der Waals surface area contributed by atoms with Crippen LogP contribution in [0.25, 0.3) is 0 Å². The van der Waals surface area contributed by atoms with Crippen LogP contribution in [0, 0.1) is 0 Å². The van der Waals surface area contributed by atoms with E-state index in [4.69, 9.17) is 16.3 Å². The van der Waals surface area contributed by atoms with Crippen LogP contribution in [-0.4, -0.2) is 22.0 Å². The van der Waals surface area contributed by atoms with E-state index in [1.54, 1.807) is 30.0 Å². The third-order valence-electron chi connectivity index (χ3n) is 2.72. The van der Waals surface area contributed by atoms with Crippen LogP contribution in [0.5, 0.6) is 5.75 Å². The van der Waals surface area contributed by atoms with Gasteiger partial charge in [0.1, 0.15) is 5.75 Å². The quantitative estimate of drug-likeness (QED) is 0.924. The molecule has 0 saturated carbocycles. The minimum Gasteiger partial charge on any atom is -0.496 e. The molecule has 1 aromatic carbocycles. The Labute approximate surface area is 111 Å². The SMILES string of the molecule is COc1ccc(Cl)cc1C(O)Cc1ccn(C)n1. The van der Waals surface area contributed by atoms with Gasteiger partial charge in [-0.25, -0.2) is 0 Å². The highest BCUT2D eigenvalue weighted by atomic mass is 35.5. The van der Waals surface area contributed by atoms with Gasteiger partial charge < -0.3 is 9.84 Å². The van der Waals surface area contributed by atoms with Crippen molar-refractivity contribution in [3.63, 3.8) is 0 Å². The molecule has 0 saturated heterocycles. The minimum absolute atomic E-state index is 0.428. The van der Waals surface area contributed by atoms with Crippen molar-refractivity contribution in [2.75, 3.05) is 7.11 Å². The molecule has 0 fully saturated rings. The van der Waals surface area contributed by atoms with Gasteiger partial charge in [-0.2, -0.15) is 5.10 Å². The molecule has 0 bridgehead atoms. The second kappa shape index (κ2) is 5.42. The van der Waals surface area contributed by atoms with E-state index in [0.717, 1.165) is 5.69 Å². The number of aryl methyl sites for hydroxylation is 1. The lowest BCUT2D eigenvalue weighted by atomic mass is 10.0. The van der Waals surface area contributed by atoms with Gasteiger partial charge in [0.2, 0.25) is 0 Å². The van der Waals surface area contributed by atoms with Gasteiger partial charge in [0.15, 0.2) is 0 Å². The molecule has 1 heterocycles. The second-order valence-corrected chi connectivity index (χ2v) is 4.52. The zero-order chi connectivity index (χ0) is 13.1. The van der Waals surface area contributed by atoms with Crippen LogP contribution in [0.1, 0.15) is 17.4 Å². The smallest absolute Gasteiger partial charge is 0.124 e. The Hall–Kier alpha value is -1.52. The Morgan fingerprint density at radius 1 is 1.44 bits per heavy atom. The van der Waals surface area contributed by atoms with E-state index >= 15 is 0 Å². The van der Waals surface area contributed by atoms with Crippen molar-refractivity contribution in [3.05, 3.63) is 46.7 Å². The largest absolute Gasteiger partial charge is 0.496 e. The standard InChI is InChI=1S/C13H15ClN2O2/c1-16-6-5-10(15-16)8-12(17)11-7-9(14)3-4-13(11)18-2/h3-7,12,17H,8H2,1-2H3. The maximum atomic E-state index is 10.2. The summed E-state index contributed by atoms with van der Waals surface area (Å²) in [6.07, 6.45) is 1.59. The van der Waals surface area contributed by atoms with Crippen molar-refractivity contribution < 1.29 is 9.84 Å². The molecule has 0 aliphatic carbocycles. The summed E-state index contributed by atoms with van der Waals surface area (Å²) < 4.78 is 6.93. The summed E-state index contributed by atoms with van der Waals surface area (Å²) >= 11 is 5.94. The fourth-order valence-corrected chi connectivity index (χ4v) is 2.03. The number of aliphatic hydroxyl groups excluding tert-OH is 1. The molecule has 0 spiro atoms. The second-order valence-electron chi connectivity index (χ2n) is 4.09. The van der Waals surface area contributed by atoms with E-state index < -0.39 is 6.10 Å². The highest BCUT2D eigenvalue weighted by Crippen LogP contribution is 2.29. The van der Waals surface area contributed by atoms with Gasteiger partial charge in [-0.1, -0.05) is 11.6 Å². The van der Waals surface area contributed by atoms with Crippen molar-refractivity contribution in [2.24, 2.45) is 7.05 Å². The molecule has 0 aliphatic rings. The van der Waals surface area contributed by atoms with Crippen LogP contribution >= 0.6 is 11.6 Å². The zero-order valence-electron chi connectivity index (χ0n) is 10.3. The number of nitrogens with zero attached hydrogens (tertiary/aromatic N) is 2. The average Bonchev–Trinajstić information content (AvgIpc) is 2.74. The van der Waals surface area contributed by atoms with Gasteiger partial charge in [-0.15, -0.1) is 0 Å². The van der Waals surface area contributed by atoms with Crippen LogP contribution in [-0.2, 0) is 13.5 Å². The molecule has 1 atom stereocenters. The molecule has 96 valence electrons. The number of aliphatic hydroxyl groups is 1. The van der Waals surface area contributed by atoms with Crippen molar-refractivity contribution >= 4 is 11.6 Å². The summed E-state index contributed by atoms with van der Waals surface area (Å²) in [7, 11) is 3.41. The topological polar surface area (TPSA) is 47.3 Å². The number of benzene rings is 1. The fraction of sp³-hybridized carbons (Fsp3) is 0.308. The summed E-state index contributed by atoms with van der Waals surface area (Å²) in [6, 6.07) is 7.07. The number of hydrogen-bond acceptors (Lipinski definition) is 3. The van der Waals surface area contributed by atoms with Gasteiger partial charge >= 0.3 is 0 Å². The van der Waals surface area contributed by atoms with E-state index in [0.29, 0.717) is 22.8 Å². The Bertz CT molecular complexity index is 540. The number of rotatable bonds is 4. The lowest BCUT2D eigenvalue weighted by Gasteiger charge is -2.14. The number of methoxy groups -OCH3 is 1. The van der Waals surface area contributed by atoms with Gasteiger partial charge in [0, 0.05) is 30.3 Å².